The lowest BCUT2D eigenvalue weighted by molar-refractivity contribution is 0.171. The van der Waals surface area contributed by atoms with Crippen molar-refractivity contribution in [3.8, 4) is 0 Å². The van der Waals surface area contributed by atoms with Crippen LogP contribution in [0.1, 0.15) is 27.2 Å². The van der Waals surface area contributed by atoms with Crippen molar-refractivity contribution in [2.75, 3.05) is 6.61 Å². The van der Waals surface area contributed by atoms with E-state index in [1.807, 2.05) is 0 Å². The Morgan fingerprint density at radius 3 is 2.11 bits per heavy atom. The molecule has 0 saturated heterocycles. The first kappa shape index (κ1) is 8.92. The zero-order chi connectivity index (χ0) is 7.49. The second kappa shape index (κ2) is 3.18. The minimum Gasteiger partial charge on any atom is -0.395 e. The summed E-state index contributed by atoms with van der Waals surface area (Å²) < 4.78 is 0. The highest BCUT2D eigenvalue weighted by Gasteiger charge is 2.22. The van der Waals surface area contributed by atoms with Crippen molar-refractivity contribution in [2.24, 2.45) is 11.1 Å². The summed E-state index contributed by atoms with van der Waals surface area (Å²) in [5.41, 5.74) is 5.69. The lowest BCUT2D eigenvalue weighted by Crippen LogP contribution is -2.39. The van der Waals surface area contributed by atoms with Crippen molar-refractivity contribution >= 4 is 0 Å². The van der Waals surface area contributed by atoms with E-state index in [1.54, 1.807) is 0 Å². The molecule has 3 N–H and O–H groups in total. The maximum Gasteiger partial charge on any atom is 0.0587 e. The predicted molar refractivity (Wildman–Crippen MR) is 39.1 cm³/mol. The molecule has 0 aliphatic carbocycles. The van der Waals surface area contributed by atoms with Crippen molar-refractivity contribution < 1.29 is 5.11 Å². The van der Waals surface area contributed by atoms with Crippen LogP contribution >= 0.6 is 0 Å². The molecule has 0 unspecified atom stereocenters. The first-order valence-electron chi connectivity index (χ1n) is 3.41. The molecule has 1 atom stereocenters. The van der Waals surface area contributed by atoms with Gasteiger partial charge in [0.1, 0.15) is 0 Å². The second-order valence-electron chi connectivity index (χ2n) is 3.13. The van der Waals surface area contributed by atoms with Crippen molar-refractivity contribution in [1.29, 1.82) is 0 Å². The molecule has 0 aromatic heterocycles. The predicted octanol–water partition coefficient (Wildman–Crippen LogP) is 0.742. The van der Waals surface area contributed by atoms with Gasteiger partial charge in [-0.15, -0.1) is 0 Å². The molecule has 0 aliphatic rings. The monoisotopic (exact) mass is 131 g/mol. The molecular formula is C7H17NO. The molecule has 0 fully saturated rings. The van der Waals surface area contributed by atoms with Gasteiger partial charge in [0, 0.05) is 6.04 Å². The maximum absolute atomic E-state index is 8.68. The van der Waals surface area contributed by atoms with Crippen molar-refractivity contribution in [3.63, 3.8) is 0 Å². The van der Waals surface area contributed by atoms with Crippen LogP contribution in [0.5, 0.6) is 0 Å². The third-order valence-electron chi connectivity index (χ3n) is 2.11. The molecule has 0 spiro atoms. The van der Waals surface area contributed by atoms with Crippen molar-refractivity contribution in [1.82, 2.24) is 0 Å². The summed E-state index contributed by atoms with van der Waals surface area (Å²) in [6.45, 7) is 6.29. The quantitative estimate of drug-likeness (QED) is 0.593. The van der Waals surface area contributed by atoms with Crippen LogP contribution in [0.15, 0.2) is 0 Å². The zero-order valence-corrected chi connectivity index (χ0v) is 6.52. The average molecular weight is 131 g/mol. The molecule has 9 heavy (non-hydrogen) atoms. The van der Waals surface area contributed by atoms with E-state index in [0.717, 1.165) is 6.42 Å². The number of aliphatic hydroxyl groups is 1. The highest BCUT2D eigenvalue weighted by molar-refractivity contribution is 4.78. The van der Waals surface area contributed by atoms with Gasteiger partial charge in [0.25, 0.3) is 0 Å². The van der Waals surface area contributed by atoms with Crippen LogP contribution in [0.25, 0.3) is 0 Å². The van der Waals surface area contributed by atoms with Gasteiger partial charge in [-0.2, -0.15) is 0 Å². The molecule has 0 radical (unpaired) electrons. The SMILES string of the molecule is CCC(C)(C)[C@@H](N)CO. The zero-order valence-electron chi connectivity index (χ0n) is 6.52. The Labute approximate surface area is 57.1 Å². The fourth-order valence-corrected chi connectivity index (χ4v) is 0.509. The molecule has 0 heterocycles. The van der Waals surface area contributed by atoms with Crippen LogP contribution < -0.4 is 5.73 Å². The fourth-order valence-electron chi connectivity index (χ4n) is 0.509. The summed E-state index contributed by atoms with van der Waals surface area (Å²) in [6.07, 6.45) is 1.01. The van der Waals surface area contributed by atoms with E-state index in [2.05, 4.69) is 20.8 Å². The van der Waals surface area contributed by atoms with E-state index in [1.165, 1.54) is 0 Å². The van der Waals surface area contributed by atoms with Crippen LogP contribution in [0.3, 0.4) is 0 Å². The molecular weight excluding hydrogens is 114 g/mol. The molecule has 56 valence electrons. The Morgan fingerprint density at radius 2 is 2.00 bits per heavy atom. The van der Waals surface area contributed by atoms with Gasteiger partial charge in [0.2, 0.25) is 0 Å². The van der Waals surface area contributed by atoms with E-state index in [0.29, 0.717) is 0 Å². The van der Waals surface area contributed by atoms with Crippen LogP contribution in [-0.2, 0) is 0 Å². The lowest BCUT2D eigenvalue weighted by Gasteiger charge is -2.28. The number of rotatable bonds is 3. The smallest absolute Gasteiger partial charge is 0.0587 e. The van der Waals surface area contributed by atoms with Gasteiger partial charge < -0.3 is 10.8 Å². The summed E-state index contributed by atoms with van der Waals surface area (Å²) in [6, 6.07) is -0.0810. The number of hydrogen-bond donors (Lipinski definition) is 2. The van der Waals surface area contributed by atoms with Gasteiger partial charge in [-0.3, -0.25) is 0 Å². The van der Waals surface area contributed by atoms with Crippen LogP contribution in [0.4, 0.5) is 0 Å². The largest absolute Gasteiger partial charge is 0.395 e. The third kappa shape index (κ3) is 2.33. The van der Waals surface area contributed by atoms with Gasteiger partial charge >= 0.3 is 0 Å². The summed E-state index contributed by atoms with van der Waals surface area (Å²) in [5, 5.41) is 8.68. The van der Waals surface area contributed by atoms with E-state index >= 15 is 0 Å². The molecule has 0 amide bonds. The molecule has 0 saturated carbocycles. The molecule has 0 aromatic rings. The minimum absolute atomic E-state index is 0.0781. The Balaban J connectivity index is 3.80. The minimum atomic E-state index is -0.0810. The number of aliphatic hydroxyl groups excluding tert-OH is 1. The van der Waals surface area contributed by atoms with Crippen molar-refractivity contribution in [2.45, 2.75) is 33.2 Å². The van der Waals surface area contributed by atoms with Gasteiger partial charge in [-0.05, 0) is 11.8 Å². The van der Waals surface area contributed by atoms with Crippen LogP contribution in [0.2, 0.25) is 0 Å². The van der Waals surface area contributed by atoms with Gasteiger partial charge in [-0.1, -0.05) is 20.8 Å². The van der Waals surface area contributed by atoms with Crippen LogP contribution in [0, 0.1) is 5.41 Å². The molecule has 0 aromatic carbocycles. The summed E-state index contributed by atoms with van der Waals surface area (Å²) in [4.78, 5) is 0. The van der Waals surface area contributed by atoms with Gasteiger partial charge in [-0.25, -0.2) is 0 Å². The Morgan fingerprint density at radius 1 is 1.56 bits per heavy atom. The van der Waals surface area contributed by atoms with E-state index in [4.69, 9.17) is 10.8 Å². The normalized spacial score (nSPS) is 15.7. The molecule has 0 aliphatic heterocycles. The Hall–Kier alpha value is -0.0800. The topological polar surface area (TPSA) is 46.2 Å². The fraction of sp³-hybridized carbons (Fsp3) is 1.00. The third-order valence-corrected chi connectivity index (χ3v) is 2.11. The molecule has 2 nitrogen and oxygen atoms in total. The maximum atomic E-state index is 8.68. The van der Waals surface area contributed by atoms with Gasteiger partial charge in [0.05, 0.1) is 6.61 Å². The van der Waals surface area contributed by atoms with E-state index in [-0.39, 0.29) is 18.1 Å². The Bertz CT molecular complexity index is 81.0. The number of nitrogens with two attached hydrogens (primary N) is 1. The lowest BCUT2D eigenvalue weighted by atomic mass is 9.83. The van der Waals surface area contributed by atoms with Gasteiger partial charge in [0.15, 0.2) is 0 Å². The second-order valence-corrected chi connectivity index (χ2v) is 3.13. The first-order valence-corrected chi connectivity index (χ1v) is 3.41. The highest BCUT2D eigenvalue weighted by Crippen LogP contribution is 2.22. The van der Waals surface area contributed by atoms with Crippen molar-refractivity contribution in [3.05, 3.63) is 0 Å². The summed E-state index contributed by atoms with van der Waals surface area (Å²) in [7, 11) is 0. The average Bonchev–Trinajstić information content (AvgIpc) is 1.86. The van der Waals surface area contributed by atoms with Crippen LogP contribution in [-0.4, -0.2) is 17.8 Å². The Kier molecular flexibility index (Phi) is 3.15. The first-order chi connectivity index (χ1) is 4.04. The standard InChI is InChI=1S/C7H17NO/c1-4-7(2,3)6(8)5-9/h6,9H,4-5,8H2,1-3H3/t6-/m0/s1. The van der Waals surface area contributed by atoms with E-state index in [9.17, 15) is 0 Å². The molecule has 0 rings (SSSR count). The van der Waals surface area contributed by atoms with E-state index < -0.39 is 0 Å². The highest BCUT2D eigenvalue weighted by atomic mass is 16.3. The molecule has 0 bridgehead atoms. The molecule has 2 heteroatoms. The number of hydrogen-bond acceptors (Lipinski definition) is 2. The summed E-state index contributed by atoms with van der Waals surface area (Å²) in [5.74, 6) is 0. The summed E-state index contributed by atoms with van der Waals surface area (Å²) >= 11 is 0.